The van der Waals surface area contributed by atoms with Gasteiger partial charge in [0.15, 0.2) is 0 Å². The number of alkyl halides is 5. The fraction of sp³-hybridized carbons (Fsp3) is 0.650. The summed E-state index contributed by atoms with van der Waals surface area (Å²) in [6.07, 6.45) is -3.45. The number of pyridine rings is 1. The highest BCUT2D eigenvalue weighted by atomic mass is 19.4. The van der Waals surface area contributed by atoms with Gasteiger partial charge < -0.3 is 11.1 Å². The van der Waals surface area contributed by atoms with E-state index in [-0.39, 0.29) is 55.8 Å². The first-order chi connectivity index (χ1) is 14.0. The van der Waals surface area contributed by atoms with Crippen molar-refractivity contribution >= 4 is 17.5 Å². The lowest BCUT2D eigenvalue weighted by Crippen LogP contribution is -2.43. The number of hydrogen-bond acceptors (Lipinski definition) is 3. The lowest BCUT2D eigenvalue weighted by Gasteiger charge is -2.42. The summed E-state index contributed by atoms with van der Waals surface area (Å²) in [6, 6.07) is 2.67. The summed E-state index contributed by atoms with van der Waals surface area (Å²) in [6.45, 7) is 0. The summed E-state index contributed by atoms with van der Waals surface area (Å²) in [5.41, 5.74) is 5.29. The Hall–Kier alpha value is -2.26. The molecule has 0 unspecified atom stereocenters. The Morgan fingerprint density at radius 2 is 1.80 bits per heavy atom. The highest BCUT2D eigenvalue weighted by Gasteiger charge is 2.49. The predicted molar refractivity (Wildman–Crippen MR) is 98.7 cm³/mol. The number of rotatable bonds is 4. The van der Waals surface area contributed by atoms with Gasteiger partial charge in [-0.25, -0.2) is 8.78 Å². The van der Waals surface area contributed by atoms with Crippen molar-refractivity contribution in [1.82, 2.24) is 4.98 Å². The van der Waals surface area contributed by atoms with Crippen LogP contribution >= 0.6 is 0 Å². The molecule has 0 saturated heterocycles. The SMILES string of the molecule is NC(=O)c1cc(NC(=O)[C@H]2CC(F)(F)CC[C@@H]2C2CCC(C(F)(F)F)CC2)ccn1. The van der Waals surface area contributed by atoms with Gasteiger partial charge in [0.1, 0.15) is 5.69 Å². The summed E-state index contributed by atoms with van der Waals surface area (Å²) < 4.78 is 67.0. The maximum absolute atomic E-state index is 14.1. The second-order valence-corrected chi connectivity index (χ2v) is 8.31. The average Bonchev–Trinajstić information content (AvgIpc) is 2.67. The molecule has 30 heavy (non-hydrogen) atoms. The van der Waals surface area contributed by atoms with Crippen molar-refractivity contribution in [2.24, 2.45) is 29.4 Å². The number of amides is 2. The summed E-state index contributed by atoms with van der Waals surface area (Å²) >= 11 is 0. The summed E-state index contributed by atoms with van der Waals surface area (Å²) in [5, 5.41) is 2.55. The van der Waals surface area contributed by atoms with Gasteiger partial charge in [-0.15, -0.1) is 0 Å². The number of nitrogens with two attached hydrogens (primary N) is 1. The molecule has 3 N–H and O–H groups in total. The lowest BCUT2D eigenvalue weighted by atomic mass is 9.65. The molecule has 0 spiro atoms. The standard InChI is InChI=1S/C20H24F5N3O2/c21-19(22)7-5-14(11-1-3-12(4-2-11)20(23,24)25)15(10-19)18(30)28-13-6-8-27-16(9-13)17(26)29/h6,8-9,11-12,14-15H,1-5,7,10H2,(H2,26,29)(H,27,28,30)/t11?,12?,14-,15+/m1/s1. The zero-order valence-electron chi connectivity index (χ0n) is 16.2. The van der Waals surface area contributed by atoms with Crippen LogP contribution in [0.3, 0.4) is 0 Å². The molecule has 0 radical (unpaired) electrons. The first kappa shape index (κ1) is 22.4. The van der Waals surface area contributed by atoms with Gasteiger partial charge in [-0.2, -0.15) is 13.2 Å². The second-order valence-electron chi connectivity index (χ2n) is 8.31. The van der Waals surface area contributed by atoms with E-state index in [1.54, 1.807) is 0 Å². The van der Waals surface area contributed by atoms with Crippen LogP contribution < -0.4 is 11.1 Å². The van der Waals surface area contributed by atoms with Gasteiger partial charge >= 0.3 is 6.18 Å². The van der Waals surface area contributed by atoms with E-state index in [1.807, 2.05) is 0 Å². The predicted octanol–water partition coefficient (Wildman–Crippen LogP) is 4.54. The Kier molecular flexibility index (Phi) is 6.33. The van der Waals surface area contributed by atoms with E-state index in [1.165, 1.54) is 18.3 Å². The molecule has 3 rings (SSSR count). The molecular weight excluding hydrogens is 409 g/mol. The molecule has 0 aromatic carbocycles. The third kappa shape index (κ3) is 5.26. The molecule has 0 aliphatic heterocycles. The van der Waals surface area contributed by atoms with E-state index in [0.29, 0.717) is 0 Å². The van der Waals surface area contributed by atoms with Crippen molar-refractivity contribution in [3.63, 3.8) is 0 Å². The number of anilines is 1. The Labute approximate surface area is 170 Å². The number of aromatic nitrogens is 1. The fourth-order valence-electron chi connectivity index (χ4n) is 4.76. The zero-order chi connectivity index (χ0) is 22.1. The molecule has 1 aromatic rings. The van der Waals surface area contributed by atoms with Crippen LogP contribution in [0.15, 0.2) is 18.3 Å². The summed E-state index contributed by atoms with van der Waals surface area (Å²) in [7, 11) is 0. The summed E-state index contributed by atoms with van der Waals surface area (Å²) in [5.74, 6) is -7.42. The topological polar surface area (TPSA) is 85.1 Å². The van der Waals surface area contributed by atoms with Crippen LogP contribution in [-0.4, -0.2) is 28.9 Å². The average molecular weight is 433 g/mol. The molecule has 0 bridgehead atoms. The van der Waals surface area contributed by atoms with Gasteiger partial charge in [0.05, 0.1) is 5.92 Å². The highest BCUT2D eigenvalue weighted by molar-refractivity contribution is 5.95. The molecular formula is C20H24F5N3O2. The van der Waals surface area contributed by atoms with Crippen LogP contribution in [0.1, 0.15) is 55.4 Å². The van der Waals surface area contributed by atoms with Crippen LogP contribution in [0.5, 0.6) is 0 Å². The molecule has 2 fully saturated rings. The number of carbonyl (C=O) groups is 2. The van der Waals surface area contributed by atoms with E-state index in [9.17, 15) is 31.5 Å². The first-order valence-corrected chi connectivity index (χ1v) is 9.97. The molecule has 10 heteroatoms. The van der Waals surface area contributed by atoms with E-state index in [2.05, 4.69) is 10.3 Å². The monoisotopic (exact) mass is 433 g/mol. The molecule has 1 aromatic heterocycles. The minimum Gasteiger partial charge on any atom is -0.364 e. The number of primary amides is 1. The molecule has 2 saturated carbocycles. The number of hydrogen-bond donors (Lipinski definition) is 2. The molecule has 5 nitrogen and oxygen atoms in total. The Morgan fingerprint density at radius 1 is 1.13 bits per heavy atom. The fourth-order valence-corrected chi connectivity index (χ4v) is 4.76. The van der Waals surface area contributed by atoms with E-state index < -0.39 is 48.1 Å². The van der Waals surface area contributed by atoms with E-state index >= 15 is 0 Å². The summed E-state index contributed by atoms with van der Waals surface area (Å²) in [4.78, 5) is 27.9. The Bertz CT molecular complexity index is 791. The molecule has 2 aliphatic carbocycles. The van der Waals surface area contributed by atoms with Gasteiger partial charge in [0.25, 0.3) is 5.91 Å². The smallest absolute Gasteiger partial charge is 0.364 e. The van der Waals surface area contributed by atoms with Crippen LogP contribution in [0, 0.1) is 23.7 Å². The van der Waals surface area contributed by atoms with Crippen LogP contribution in [-0.2, 0) is 4.79 Å². The van der Waals surface area contributed by atoms with Crippen molar-refractivity contribution in [2.75, 3.05) is 5.32 Å². The van der Waals surface area contributed by atoms with Crippen molar-refractivity contribution in [3.8, 4) is 0 Å². The van der Waals surface area contributed by atoms with Crippen molar-refractivity contribution < 1.29 is 31.5 Å². The quantitative estimate of drug-likeness (QED) is 0.684. The minimum atomic E-state index is -4.25. The van der Waals surface area contributed by atoms with Crippen LogP contribution in [0.25, 0.3) is 0 Å². The minimum absolute atomic E-state index is 0.0400. The first-order valence-electron chi connectivity index (χ1n) is 9.97. The van der Waals surface area contributed by atoms with Crippen molar-refractivity contribution in [3.05, 3.63) is 24.0 Å². The van der Waals surface area contributed by atoms with Gasteiger partial charge in [-0.1, -0.05) is 0 Å². The second kappa shape index (κ2) is 8.47. The van der Waals surface area contributed by atoms with Gasteiger partial charge in [-0.05, 0) is 56.1 Å². The van der Waals surface area contributed by atoms with E-state index in [4.69, 9.17) is 5.73 Å². The zero-order valence-corrected chi connectivity index (χ0v) is 16.2. The number of nitrogens with one attached hydrogen (secondary N) is 1. The number of nitrogens with zero attached hydrogens (tertiary/aromatic N) is 1. The molecule has 166 valence electrons. The lowest BCUT2D eigenvalue weighted by molar-refractivity contribution is -0.186. The van der Waals surface area contributed by atoms with Gasteiger partial charge in [0.2, 0.25) is 11.8 Å². The van der Waals surface area contributed by atoms with Crippen molar-refractivity contribution in [2.45, 2.75) is 57.0 Å². The Balaban J connectivity index is 1.73. The molecule has 1 heterocycles. The highest BCUT2D eigenvalue weighted by Crippen LogP contribution is 2.49. The number of halogens is 5. The van der Waals surface area contributed by atoms with Crippen LogP contribution in [0.4, 0.5) is 27.6 Å². The third-order valence-corrected chi connectivity index (χ3v) is 6.34. The largest absolute Gasteiger partial charge is 0.391 e. The van der Waals surface area contributed by atoms with Gasteiger partial charge in [-0.3, -0.25) is 14.6 Å². The maximum atomic E-state index is 14.1. The van der Waals surface area contributed by atoms with Crippen LogP contribution in [0.2, 0.25) is 0 Å². The molecule has 2 aliphatic rings. The third-order valence-electron chi connectivity index (χ3n) is 6.34. The molecule has 2 amide bonds. The van der Waals surface area contributed by atoms with Gasteiger partial charge in [0, 0.05) is 30.6 Å². The normalized spacial score (nSPS) is 29.2. The van der Waals surface area contributed by atoms with E-state index in [0.717, 1.165) is 0 Å². The maximum Gasteiger partial charge on any atom is 0.391 e. The number of carbonyl (C=O) groups excluding carboxylic acids is 2. The molecule has 2 atom stereocenters. The Morgan fingerprint density at radius 3 is 2.40 bits per heavy atom. The van der Waals surface area contributed by atoms with Crippen molar-refractivity contribution in [1.29, 1.82) is 0 Å².